The Hall–Kier alpha value is -2.39. The third-order valence-electron chi connectivity index (χ3n) is 3.90. The second-order valence-electron chi connectivity index (χ2n) is 5.60. The molecule has 4 heteroatoms. The van der Waals surface area contributed by atoms with E-state index in [2.05, 4.69) is 4.99 Å². The molecular weight excluding hydrogens is 310 g/mol. The van der Waals surface area contributed by atoms with E-state index in [0.717, 1.165) is 39.2 Å². The van der Waals surface area contributed by atoms with Crippen molar-refractivity contribution < 1.29 is 9.90 Å². The van der Waals surface area contributed by atoms with Gasteiger partial charge in [-0.05, 0) is 35.8 Å². The summed E-state index contributed by atoms with van der Waals surface area (Å²) in [6.45, 7) is 2.00. The molecule has 3 nitrogen and oxygen atoms in total. The number of allylic oxidation sites excluding steroid dienone is 7. The lowest BCUT2D eigenvalue weighted by molar-refractivity contribution is -0.131. The topological polar surface area (TPSA) is 49.7 Å². The minimum Gasteiger partial charge on any atom is -0.478 e. The van der Waals surface area contributed by atoms with E-state index < -0.39 is 5.97 Å². The maximum atomic E-state index is 10.8. The third-order valence-corrected chi connectivity index (χ3v) is 4.26. The third kappa shape index (κ3) is 3.35. The van der Waals surface area contributed by atoms with Gasteiger partial charge in [-0.15, -0.1) is 0 Å². The lowest BCUT2D eigenvalue weighted by Crippen LogP contribution is -2.09. The van der Waals surface area contributed by atoms with Crippen LogP contribution in [0.1, 0.15) is 11.1 Å². The first-order valence-corrected chi connectivity index (χ1v) is 7.75. The largest absolute Gasteiger partial charge is 0.478 e. The molecule has 1 heterocycles. The molecule has 0 aromatic heterocycles. The van der Waals surface area contributed by atoms with Crippen LogP contribution in [0.4, 0.5) is 0 Å². The van der Waals surface area contributed by atoms with Gasteiger partial charge in [-0.25, -0.2) is 4.79 Å². The van der Waals surface area contributed by atoms with Gasteiger partial charge < -0.3 is 5.11 Å². The number of carboxylic acid groups (broad SMARTS) is 1. The van der Waals surface area contributed by atoms with Gasteiger partial charge >= 0.3 is 5.97 Å². The van der Waals surface area contributed by atoms with Crippen molar-refractivity contribution in [3.63, 3.8) is 0 Å². The highest BCUT2D eigenvalue weighted by molar-refractivity contribution is 6.31. The fourth-order valence-corrected chi connectivity index (χ4v) is 3.08. The number of hydrogen-bond donors (Lipinski definition) is 1. The Morgan fingerprint density at radius 3 is 2.96 bits per heavy atom. The van der Waals surface area contributed by atoms with Crippen LogP contribution >= 0.6 is 11.6 Å². The summed E-state index contributed by atoms with van der Waals surface area (Å²) in [6, 6.07) is 5.99. The Bertz CT molecular complexity index is 813. The Labute approximate surface area is 140 Å². The SMILES string of the molecule is Cc1ccc(CC2=C3C=CC=CC3C(/C=C\C(=O)O)=N2)c(Cl)c1. The zero-order valence-electron chi connectivity index (χ0n) is 12.7. The molecule has 1 atom stereocenters. The van der Waals surface area contributed by atoms with Gasteiger partial charge in [0.15, 0.2) is 0 Å². The zero-order valence-corrected chi connectivity index (χ0v) is 13.4. The average Bonchev–Trinajstić information content (AvgIpc) is 2.86. The summed E-state index contributed by atoms with van der Waals surface area (Å²) < 4.78 is 0. The highest BCUT2D eigenvalue weighted by atomic mass is 35.5. The van der Waals surface area contributed by atoms with Crippen LogP contribution in [0, 0.1) is 12.8 Å². The van der Waals surface area contributed by atoms with E-state index in [-0.39, 0.29) is 5.92 Å². The van der Waals surface area contributed by atoms with E-state index in [1.54, 1.807) is 6.08 Å². The summed E-state index contributed by atoms with van der Waals surface area (Å²) in [5.74, 6) is -0.950. The smallest absolute Gasteiger partial charge is 0.328 e. The number of rotatable bonds is 4. The first-order chi connectivity index (χ1) is 11.0. The summed E-state index contributed by atoms with van der Waals surface area (Å²) in [7, 11) is 0. The number of nitrogens with zero attached hydrogens (tertiary/aromatic N) is 1. The number of hydrogen-bond acceptors (Lipinski definition) is 2. The van der Waals surface area contributed by atoms with Crippen LogP contribution in [0.15, 0.2) is 70.9 Å². The van der Waals surface area contributed by atoms with E-state index in [0.29, 0.717) is 6.42 Å². The van der Waals surface area contributed by atoms with E-state index in [4.69, 9.17) is 16.7 Å². The molecule has 0 amide bonds. The highest BCUT2D eigenvalue weighted by Gasteiger charge is 2.26. The van der Waals surface area contributed by atoms with Crippen LogP contribution in [-0.2, 0) is 11.2 Å². The maximum Gasteiger partial charge on any atom is 0.328 e. The predicted octanol–water partition coefficient (Wildman–Crippen LogP) is 4.28. The van der Waals surface area contributed by atoms with Crippen molar-refractivity contribution >= 4 is 23.3 Å². The molecule has 1 N–H and O–H groups in total. The molecule has 0 spiro atoms. The summed E-state index contributed by atoms with van der Waals surface area (Å²) in [6.07, 6.45) is 11.3. The molecule has 1 aliphatic carbocycles. The molecule has 1 aliphatic heterocycles. The van der Waals surface area contributed by atoms with Crippen LogP contribution in [0.2, 0.25) is 5.02 Å². The number of halogens is 1. The molecule has 0 radical (unpaired) electrons. The van der Waals surface area contributed by atoms with Crippen LogP contribution < -0.4 is 0 Å². The number of fused-ring (bicyclic) bond motifs is 1. The Balaban J connectivity index is 1.94. The van der Waals surface area contributed by atoms with Crippen LogP contribution in [0.25, 0.3) is 0 Å². The lowest BCUT2D eigenvalue weighted by atomic mass is 9.90. The second kappa shape index (κ2) is 6.39. The molecule has 3 rings (SSSR count). The first kappa shape index (κ1) is 15.5. The molecule has 0 bridgehead atoms. The molecule has 0 fully saturated rings. The minimum absolute atomic E-state index is 0.0230. The van der Waals surface area contributed by atoms with Crippen LogP contribution in [0.3, 0.4) is 0 Å². The summed E-state index contributed by atoms with van der Waals surface area (Å²) in [5.41, 5.74) is 4.94. The van der Waals surface area contributed by atoms with Gasteiger partial charge in [0, 0.05) is 29.1 Å². The lowest BCUT2D eigenvalue weighted by Gasteiger charge is -2.12. The molecular formula is C19H16ClNO2. The molecule has 2 aliphatic rings. The average molecular weight is 326 g/mol. The van der Waals surface area contributed by atoms with E-state index in [1.807, 2.05) is 49.4 Å². The summed E-state index contributed by atoms with van der Waals surface area (Å²) >= 11 is 6.33. The number of carbonyl (C=O) groups is 1. The van der Waals surface area contributed by atoms with Gasteiger partial charge in [0.25, 0.3) is 0 Å². The molecule has 1 aromatic rings. The first-order valence-electron chi connectivity index (χ1n) is 7.37. The van der Waals surface area contributed by atoms with Gasteiger partial charge in [0.2, 0.25) is 0 Å². The van der Waals surface area contributed by atoms with Crippen molar-refractivity contribution in [3.05, 3.63) is 82.1 Å². The quantitative estimate of drug-likeness (QED) is 0.840. The molecule has 0 saturated carbocycles. The Kier molecular flexibility index (Phi) is 4.30. The van der Waals surface area contributed by atoms with Crippen molar-refractivity contribution in [1.29, 1.82) is 0 Å². The van der Waals surface area contributed by atoms with Gasteiger partial charge in [-0.3, -0.25) is 4.99 Å². The van der Waals surface area contributed by atoms with Gasteiger partial charge in [0.1, 0.15) is 0 Å². The Morgan fingerprint density at radius 1 is 1.39 bits per heavy atom. The number of aliphatic carboxylic acids is 1. The van der Waals surface area contributed by atoms with Crippen molar-refractivity contribution in [2.45, 2.75) is 13.3 Å². The maximum absolute atomic E-state index is 10.8. The number of aryl methyl sites for hydroxylation is 1. The van der Waals surface area contributed by atoms with E-state index >= 15 is 0 Å². The molecule has 1 aromatic carbocycles. The molecule has 0 saturated heterocycles. The second-order valence-corrected chi connectivity index (χ2v) is 6.01. The number of aliphatic imine (C=N–C) groups is 1. The fourth-order valence-electron chi connectivity index (χ4n) is 2.78. The molecule has 116 valence electrons. The van der Waals surface area contributed by atoms with Gasteiger partial charge in [-0.1, -0.05) is 48.0 Å². The minimum atomic E-state index is -0.973. The monoisotopic (exact) mass is 325 g/mol. The standard InChI is InChI=1S/C19H16ClNO2/c1-12-6-7-13(16(20)10-12)11-18-15-5-3-2-4-14(15)17(21-18)8-9-19(22)23/h2-10,14H,11H2,1H3,(H,22,23)/b9-8-. The number of benzene rings is 1. The van der Waals surface area contributed by atoms with Gasteiger partial charge in [-0.2, -0.15) is 0 Å². The van der Waals surface area contributed by atoms with E-state index in [1.165, 1.54) is 0 Å². The number of carboxylic acids is 1. The summed E-state index contributed by atoms with van der Waals surface area (Å²) in [5, 5.41) is 9.56. The highest BCUT2D eigenvalue weighted by Crippen LogP contribution is 2.34. The van der Waals surface area contributed by atoms with Crippen molar-refractivity contribution in [2.75, 3.05) is 0 Å². The molecule has 23 heavy (non-hydrogen) atoms. The van der Waals surface area contributed by atoms with Crippen molar-refractivity contribution in [1.82, 2.24) is 0 Å². The summed E-state index contributed by atoms with van der Waals surface area (Å²) in [4.78, 5) is 15.4. The molecule has 1 unspecified atom stereocenters. The van der Waals surface area contributed by atoms with E-state index in [9.17, 15) is 4.79 Å². The van der Waals surface area contributed by atoms with Crippen LogP contribution in [0.5, 0.6) is 0 Å². The zero-order chi connectivity index (χ0) is 16.4. The van der Waals surface area contributed by atoms with Gasteiger partial charge in [0.05, 0.1) is 5.71 Å². The fraction of sp³-hybridized carbons (Fsp3) is 0.158. The van der Waals surface area contributed by atoms with Crippen LogP contribution in [-0.4, -0.2) is 16.8 Å². The normalized spacial score (nSPS) is 19.4. The van der Waals surface area contributed by atoms with Crippen molar-refractivity contribution in [3.8, 4) is 0 Å². The van der Waals surface area contributed by atoms with Crippen molar-refractivity contribution in [2.24, 2.45) is 10.9 Å². The Morgan fingerprint density at radius 2 is 2.22 bits per heavy atom. The predicted molar refractivity (Wildman–Crippen MR) is 92.9 cm³/mol.